The average molecular weight is 246 g/mol. The number of thiazole rings is 1. The Labute approximate surface area is 93.7 Å². The van der Waals surface area contributed by atoms with Crippen molar-refractivity contribution in [2.45, 2.75) is 18.9 Å². The van der Waals surface area contributed by atoms with Gasteiger partial charge in [-0.1, -0.05) is 0 Å². The van der Waals surface area contributed by atoms with Crippen molar-refractivity contribution in [2.75, 3.05) is 18.6 Å². The number of hydrogen-bond acceptors (Lipinski definition) is 5. The highest BCUT2D eigenvalue weighted by atomic mass is 32.2. The van der Waals surface area contributed by atoms with E-state index in [4.69, 9.17) is 0 Å². The molecule has 1 fully saturated rings. The van der Waals surface area contributed by atoms with Crippen LogP contribution < -0.4 is 5.32 Å². The first-order valence-electron chi connectivity index (χ1n) is 4.90. The first-order chi connectivity index (χ1) is 7.11. The SMILES string of the molecule is CNCc1csc(C2CCS(=O)(=O)C2)n1. The third-order valence-corrected chi connectivity index (χ3v) is 5.33. The molecule has 1 aliphatic rings. The van der Waals surface area contributed by atoms with Crippen LogP contribution in [0.1, 0.15) is 23.0 Å². The summed E-state index contributed by atoms with van der Waals surface area (Å²) in [5.41, 5.74) is 1.00. The second-order valence-electron chi connectivity index (χ2n) is 3.81. The summed E-state index contributed by atoms with van der Waals surface area (Å²) >= 11 is 1.57. The topological polar surface area (TPSA) is 59.1 Å². The molecule has 0 radical (unpaired) electrons. The molecule has 0 aromatic carbocycles. The predicted molar refractivity (Wildman–Crippen MR) is 60.9 cm³/mol. The van der Waals surface area contributed by atoms with Gasteiger partial charge in [-0.2, -0.15) is 0 Å². The van der Waals surface area contributed by atoms with Crippen LogP contribution in [0, 0.1) is 0 Å². The van der Waals surface area contributed by atoms with Gasteiger partial charge in [0, 0.05) is 17.8 Å². The summed E-state index contributed by atoms with van der Waals surface area (Å²) in [7, 11) is -0.922. The lowest BCUT2D eigenvalue weighted by Gasteiger charge is -2.01. The number of nitrogens with zero attached hydrogens (tertiary/aromatic N) is 1. The van der Waals surface area contributed by atoms with Crippen LogP contribution in [-0.2, 0) is 16.4 Å². The minimum absolute atomic E-state index is 0.130. The standard InChI is InChI=1S/C9H14N2O2S2/c1-10-4-8-5-14-9(11-8)7-2-3-15(12,13)6-7/h5,7,10H,2-4,6H2,1H3. The molecule has 1 atom stereocenters. The molecule has 84 valence electrons. The van der Waals surface area contributed by atoms with Gasteiger partial charge in [-0.25, -0.2) is 13.4 Å². The Bertz CT molecular complexity index is 439. The molecule has 15 heavy (non-hydrogen) atoms. The van der Waals surface area contributed by atoms with Gasteiger partial charge < -0.3 is 5.32 Å². The van der Waals surface area contributed by atoms with E-state index in [1.807, 2.05) is 12.4 Å². The van der Waals surface area contributed by atoms with Crippen LogP contribution in [0.5, 0.6) is 0 Å². The lowest BCUT2D eigenvalue weighted by atomic mass is 10.1. The van der Waals surface area contributed by atoms with Crippen molar-refractivity contribution in [3.63, 3.8) is 0 Å². The van der Waals surface area contributed by atoms with Gasteiger partial charge in [0.15, 0.2) is 9.84 Å². The third-order valence-electron chi connectivity index (χ3n) is 2.51. The normalized spacial score (nSPS) is 24.5. The molecule has 1 unspecified atom stereocenters. The van der Waals surface area contributed by atoms with Crippen molar-refractivity contribution in [3.8, 4) is 0 Å². The molecule has 1 N–H and O–H groups in total. The molecule has 1 saturated heterocycles. The van der Waals surface area contributed by atoms with E-state index < -0.39 is 9.84 Å². The maximum atomic E-state index is 11.3. The fraction of sp³-hybridized carbons (Fsp3) is 0.667. The van der Waals surface area contributed by atoms with Gasteiger partial charge in [-0.05, 0) is 13.5 Å². The quantitative estimate of drug-likeness (QED) is 0.855. The highest BCUT2D eigenvalue weighted by Crippen LogP contribution is 2.30. The average Bonchev–Trinajstić information content (AvgIpc) is 2.73. The van der Waals surface area contributed by atoms with Crippen molar-refractivity contribution in [3.05, 3.63) is 16.1 Å². The maximum Gasteiger partial charge on any atom is 0.151 e. The van der Waals surface area contributed by atoms with Crippen molar-refractivity contribution in [2.24, 2.45) is 0 Å². The van der Waals surface area contributed by atoms with E-state index >= 15 is 0 Å². The van der Waals surface area contributed by atoms with Gasteiger partial charge in [-0.3, -0.25) is 0 Å². The Hall–Kier alpha value is -0.460. The highest BCUT2D eigenvalue weighted by molar-refractivity contribution is 7.91. The largest absolute Gasteiger partial charge is 0.314 e. The van der Waals surface area contributed by atoms with Gasteiger partial charge in [-0.15, -0.1) is 11.3 Å². The molecule has 6 heteroatoms. The molecule has 0 saturated carbocycles. The Balaban J connectivity index is 2.10. The summed E-state index contributed by atoms with van der Waals surface area (Å²) in [5, 5.41) is 6.00. The van der Waals surface area contributed by atoms with Gasteiger partial charge in [0.1, 0.15) is 0 Å². The molecule has 1 aromatic heterocycles. The van der Waals surface area contributed by atoms with E-state index in [9.17, 15) is 8.42 Å². The van der Waals surface area contributed by atoms with Crippen LogP contribution in [0.15, 0.2) is 5.38 Å². The summed E-state index contributed by atoms with van der Waals surface area (Å²) in [4.78, 5) is 4.44. The summed E-state index contributed by atoms with van der Waals surface area (Å²) in [6.45, 7) is 0.746. The molecule has 0 aliphatic carbocycles. The minimum Gasteiger partial charge on any atom is -0.314 e. The summed E-state index contributed by atoms with van der Waals surface area (Å²) in [6.07, 6.45) is 0.731. The maximum absolute atomic E-state index is 11.3. The molecule has 0 amide bonds. The second-order valence-corrected chi connectivity index (χ2v) is 6.93. The third kappa shape index (κ3) is 2.56. The number of sulfone groups is 1. The fourth-order valence-corrected chi connectivity index (χ4v) is 4.57. The van der Waals surface area contributed by atoms with Gasteiger partial charge in [0.2, 0.25) is 0 Å². The summed E-state index contributed by atoms with van der Waals surface area (Å²) in [6, 6.07) is 0. The highest BCUT2D eigenvalue weighted by Gasteiger charge is 2.30. The smallest absolute Gasteiger partial charge is 0.151 e. The molecule has 2 rings (SSSR count). The van der Waals surface area contributed by atoms with Crippen molar-refractivity contribution >= 4 is 21.2 Å². The molecule has 2 heterocycles. The molecular weight excluding hydrogens is 232 g/mol. The Morgan fingerprint density at radius 3 is 3.07 bits per heavy atom. The second kappa shape index (κ2) is 4.19. The zero-order chi connectivity index (χ0) is 10.9. The van der Waals surface area contributed by atoms with E-state index in [-0.39, 0.29) is 11.7 Å². The van der Waals surface area contributed by atoms with E-state index in [1.165, 1.54) is 0 Å². The number of nitrogens with one attached hydrogen (secondary N) is 1. The van der Waals surface area contributed by atoms with Crippen LogP contribution in [-0.4, -0.2) is 32.0 Å². The zero-order valence-corrected chi connectivity index (χ0v) is 10.2. The number of hydrogen-bond donors (Lipinski definition) is 1. The van der Waals surface area contributed by atoms with Crippen molar-refractivity contribution < 1.29 is 8.42 Å². The molecule has 1 aromatic rings. The monoisotopic (exact) mass is 246 g/mol. The fourth-order valence-electron chi connectivity index (χ4n) is 1.76. The minimum atomic E-state index is -2.80. The van der Waals surface area contributed by atoms with E-state index in [2.05, 4.69) is 10.3 Å². The molecule has 0 bridgehead atoms. The lowest BCUT2D eigenvalue weighted by Crippen LogP contribution is -2.06. The van der Waals surface area contributed by atoms with Gasteiger partial charge in [0.25, 0.3) is 0 Å². The van der Waals surface area contributed by atoms with Gasteiger partial charge >= 0.3 is 0 Å². The number of rotatable bonds is 3. The molecule has 4 nitrogen and oxygen atoms in total. The van der Waals surface area contributed by atoms with E-state index in [0.29, 0.717) is 5.75 Å². The molecule has 0 spiro atoms. The first-order valence-corrected chi connectivity index (χ1v) is 7.60. The van der Waals surface area contributed by atoms with Crippen LogP contribution in [0.3, 0.4) is 0 Å². The molecule has 1 aliphatic heterocycles. The molecular formula is C9H14N2O2S2. The Kier molecular flexibility index (Phi) is 3.08. The van der Waals surface area contributed by atoms with E-state index in [1.54, 1.807) is 11.3 Å². The number of aromatic nitrogens is 1. The summed E-state index contributed by atoms with van der Waals surface area (Å²) < 4.78 is 22.6. The Morgan fingerprint density at radius 1 is 1.67 bits per heavy atom. The summed E-state index contributed by atoms with van der Waals surface area (Å²) in [5.74, 6) is 0.726. The van der Waals surface area contributed by atoms with Gasteiger partial charge in [0.05, 0.1) is 22.2 Å². The lowest BCUT2D eigenvalue weighted by molar-refractivity contribution is 0.601. The van der Waals surface area contributed by atoms with Crippen LogP contribution >= 0.6 is 11.3 Å². The Morgan fingerprint density at radius 2 is 2.47 bits per heavy atom. The van der Waals surface area contributed by atoms with Crippen LogP contribution in [0.25, 0.3) is 0 Å². The van der Waals surface area contributed by atoms with Crippen LogP contribution in [0.4, 0.5) is 0 Å². The van der Waals surface area contributed by atoms with E-state index in [0.717, 1.165) is 23.7 Å². The predicted octanol–water partition coefficient (Wildman–Crippen LogP) is 0.765. The van der Waals surface area contributed by atoms with Crippen molar-refractivity contribution in [1.82, 2.24) is 10.3 Å². The zero-order valence-electron chi connectivity index (χ0n) is 8.56. The van der Waals surface area contributed by atoms with Crippen LogP contribution in [0.2, 0.25) is 0 Å². The van der Waals surface area contributed by atoms with Crippen molar-refractivity contribution in [1.29, 1.82) is 0 Å². The first kappa shape index (κ1) is 11.0.